The summed E-state index contributed by atoms with van der Waals surface area (Å²) in [5, 5.41) is 8.03. The molecule has 0 fully saturated rings. The van der Waals surface area contributed by atoms with Crippen molar-refractivity contribution >= 4 is 0 Å². The molecule has 0 bridgehead atoms. The van der Waals surface area contributed by atoms with Gasteiger partial charge in [-0.15, -0.1) is 0 Å². The summed E-state index contributed by atoms with van der Waals surface area (Å²) in [7, 11) is 2.00. The Bertz CT molecular complexity index is 581. The molecule has 1 N–H and O–H groups in total. The van der Waals surface area contributed by atoms with Crippen molar-refractivity contribution in [2.45, 2.75) is 44.9 Å². The first kappa shape index (κ1) is 14.1. The van der Waals surface area contributed by atoms with E-state index in [4.69, 9.17) is 4.74 Å². The van der Waals surface area contributed by atoms with Crippen molar-refractivity contribution < 1.29 is 4.74 Å². The number of likely N-dealkylation sites (N-methyl/N-ethyl adjacent to an activating group) is 1. The van der Waals surface area contributed by atoms with Crippen LogP contribution in [0.5, 0.6) is 5.75 Å². The minimum absolute atomic E-state index is 0.177. The van der Waals surface area contributed by atoms with E-state index in [0.717, 1.165) is 24.3 Å². The first-order chi connectivity index (χ1) is 10.2. The van der Waals surface area contributed by atoms with Crippen LogP contribution < -0.4 is 10.1 Å². The van der Waals surface area contributed by atoms with Crippen molar-refractivity contribution in [3.63, 3.8) is 0 Å². The number of hydrogen-bond acceptors (Lipinski definition) is 3. The van der Waals surface area contributed by atoms with Gasteiger partial charge in [0.15, 0.2) is 0 Å². The van der Waals surface area contributed by atoms with Crippen LogP contribution in [-0.2, 0) is 12.8 Å². The maximum Gasteiger partial charge on any atom is 0.123 e. The fourth-order valence-corrected chi connectivity index (χ4v) is 2.85. The molecule has 2 unspecified atom stereocenters. The second-order valence-electron chi connectivity index (χ2n) is 5.95. The highest BCUT2D eigenvalue weighted by atomic mass is 16.5. The van der Waals surface area contributed by atoms with Gasteiger partial charge in [0, 0.05) is 31.1 Å². The second kappa shape index (κ2) is 5.90. The lowest BCUT2D eigenvalue weighted by Gasteiger charge is -2.22. The Morgan fingerprint density at radius 3 is 2.81 bits per heavy atom. The average molecular weight is 285 g/mol. The summed E-state index contributed by atoms with van der Waals surface area (Å²) in [4.78, 5) is 0. The Hall–Kier alpha value is -1.81. The molecule has 0 radical (unpaired) electrons. The van der Waals surface area contributed by atoms with Gasteiger partial charge in [-0.1, -0.05) is 18.2 Å². The highest BCUT2D eigenvalue weighted by Gasteiger charge is 2.29. The molecule has 2 aromatic rings. The molecule has 0 spiro atoms. The van der Waals surface area contributed by atoms with E-state index in [0.29, 0.717) is 6.04 Å². The first-order valence-corrected chi connectivity index (χ1v) is 7.63. The Morgan fingerprint density at radius 1 is 1.33 bits per heavy atom. The predicted octanol–water partition coefficient (Wildman–Crippen LogP) is 2.60. The summed E-state index contributed by atoms with van der Waals surface area (Å²) in [6.45, 7) is 4.28. The van der Waals surface area contributed by atoms with E-state index >= 15 is 0 Å². The molecule has 4 heteroatoms. The molecule has 0 amide bonds. The number of nitrogens with one attached hydrogen (secondary N) is 1. The smallest absolute Gasteiger partial charge is 0.123 e. The van der Waals surface area contributed by atoms with Crippen LogP contribution in [-0.4, -0.2) is 29.0 Å². The minimum atomic E-state index is 0.177. The number of nitrogens with zero attached hydrogens (tertiary/aromatic N) is 2. The monoisotopic (exact) mass is 285 g/mol. The molecule has 0 aliphatic carbocycles. The summed E-state index contributed by atoms with van der Waals surface area (Å²) in [6.07, 6.45) is 4.08. The number of rotatable bonds is 5. The summed E-state index contributed by atoms with van der Waals surface area (Å²) >= 11 is 0. The fraction of sp³-hybridized carbons (Fsp3) is 0.471. The molecule has 3 rings (SSSR count). The van der Waals surface area contributed by atoms with Gasteiger partial charge in [0.2, 0.25) is 0 Å². The molecular formula is C17H23N3O. The van der Waals surface area contributed by atoms with E-state index in [1.165, 1.54) is 5.56 Å². The van der Waals surface area contributed by atoms with Gasteiger partial charge >= 0.3 is 0 Å². The van der Waals surface area contributed by atoms with E-state index in [-0.39, 0.29) is 12.1 Å². The van der Waals surface area contributed by atoms with Crippen molar-refractivity contribution in [1.82, 2.24) is 15.1 Å². The quantitative estimate of drug-likeness (QED) is 0.918. The lowest BCUT2D eigenvalue weighted by atomic mass is 10.0. The standard InChI is InChI=1S/C17H23N3O/c1-12(2)20-9-8-14(19-20)11-15(18-3)17-10-13-6-4-5-7-16(13)21-17/h4-9,12,15,17-18H,10-11H2,1-3H3. The maximum absolute atomic E-state index is 6.09. The number of aromatic nitrogens is 2. The minimum Gasteiger partial charge on any atom is -0.488 e. The molecule has 21 heavy (non-hydrogen) atoms. The zero-order valence-corrected chi connectivity index (χ0v) is 12.9. The number of ether oxygens (including phenoxy) is 1. The summed E-state index contributed by atoms with van der Waals surface area (Å²) in [5.41, 5.74) is 2.41. The van der Waals surface area contributed by atoms with Gasteiger partial charge in [-0.05, 0) is 38.6 Å². The van der Waals surface area contributed by atoms with Crippen LogP contribution in [0.4, 0.5) is 0 Å². The van der Waals surface area contributed by atoms with Crippen LogP contribution in [0.2, 0.25) is 0 Å². The third-order valence-corrected chi connectivity index (χ3v) is 4.11. The molecule has 0 saturated carbocycles. The highest BCUT2D eigenvalue weighted by Crippen LogP contribution is 2.30. The molecule has 4 nitrogen and oxygen atoms in total. The number of para-hydroxylation sites is 1. The van der Waals surface area contributed by atoms with E-state index in [2.05, 4.69) is 54.7 Å². The largest absolute Gasteiger partial charge is 0.488 e. The zero-order valence-electron chi connectivity index (χ0n) is 12.9. The second-order valence-corrected chi connectivity index (χ2v) is 5.95. The van der Waals surface area contributed by atoms with Crippen LogP contribution in [0.1, 0.15) is 31.1 Å². The van der Waals surface area contributed by atoms with Crippen LogP contribution >= 0.6 is 0 Å². The fourth-order valence-electron chi connectivity index (χ4n) is 2.85. The molecule has 0 saturated heterocycles. The predicted molar refractivity (Wildman–Crippen MR) is 83.7 cm³/mol. The van der Waals surface area contributed by atoms with Gasteiger partial charge < -0.3 is 10.1 Å². The maximum atomic E-state index is 6.09. The lowest BCUT2D eigenvalue weighted by molar-refractivity contribution is 0.181. The Labute approximate surface area is 126 Å². The third-order valence-electron chi connectivity index (χ3n) is 4.11. The number of fused-ring (bicyclic) bond motifs is 1. The lowest BCUT2D eigenvalue weighted by Crippen LogP contribution is -2.42. The molecule has 1 aromatic carbocycles. The summed E-state index contributed by atoms with van der Waals surface area (Å²) in [5.74, 6) is 1.02. The Balaban J connectivity index is 1.69. The van der Waals surface area contributed by atoms with Gasteiger partial charge in [-0.2, -0.15) is 5.10 Å². The molecule has 1 aliphatic rings. The van der Waals surface area contributed by atoms with Gasteiger partial charge in [-0.25, -0.2) is 0 Å². The van der Waals surface area contributed by atoms with Crippen molar-refractivity contribution in [3.05, 3.63) is 47.8 Å². The highest BCUT2D eigenvalue weighted by molar-refractivity contribution is 5.37. The topological polar surface area (TPSA) is 39.1 Å². The molecule has 2 heterocycles. The van der Waals surface area contributed by atoms with Crippen LogP contribution in [0.25, 0.3) is 0 Å². The van der Waals surface area contributed by atoms with E-state index in [1.54, 1.807) is 0 Å². The zero-order chi connectivity index (χ0) is 14.8. The average Bonchev–Trinajstić information content (AvgIpc) is 3.11. The molecule has 1 aliphatic heterocycles. The number of benzene rings is 1. The number of hydrogen-bond donors (Lipinski definition) is 1. The first-order valence-electron chi connectivity index (χ1n) is 7.63. The Kier molecular flexibility index (Phi) is 3.97. The summed E-state index contributed by atoms with van der Waals surface area (Å²) in [6, 6.07) is 11.1. The van der Waals surface area contributed by atoms with Gasteiger partial charge in [-0.3, -0.25) is 4.68 Å². The molecule has 112 valence electrons. The Morgan fingerprint density at radius 2 is 2.14 bits per heavy atom. The SMILES string of the molecule is CNC(Cc1ccn(C(C)C)n1)C1Cc2ccccc2O1. The van der Waals surface area contributed by atoms with E-state index in [9.17, 15) is 0 Å². The van der Waals surface area contributed by atoms with Gasteiger partial charge in [0.05, 0.1) is 5.69 Å². The normalized spacial score (nSPS) is 18.6. The molecular weight excluding hydrogens is 262 g/mol. The van der Waals surface area contributed by atoms with Gasteiger partial charge in [0.25, 0.3) is 0 Å². The van der Waals surface area contributed by atoms with Crippen LogP contribution in [0.15, 0.2) is 36.5 Å². The van der Waals surface area contributed by atoms with E-state index in [1.807, 2.05) is 17.8 Å². The van der Waals surface area contributed by atoms with E-state index < -0.39 is 0 Å². The third kappa shape index (κ3) is 2.95. The van der Waals surface area contributed by atoms with Crippen molar-refractivity contribution in [3.8, 4) is 5.75 Å². The molecule has 1 aromatic heterocycles. The molecule has 2 atom stereocenters. The van der Waals surface area contributed by atoms with Crippen molar-refractivity contribution in [1.29, 1.82) is 0 Å². The van der Waals surface area contributed by atoms with Crippen molar-refractivity contribution in [2.75, 3.05) is 7.05 Å². The summed E-state index contributed by atoms with van der Waals surface area (Å²) < 4.78 is 8.10. The van der Waals surface area contributed by atoms with Crippen LogP contribution in [0, 0.1) is 0 Å². The van der Waals surface area contributed by atoms with Crippen molar-refractivity contribution in [2.24, 2.45) is 0 Å². The van der Waals surface area contributed by atoms with Crippen LogP contribution in [0.3, 0.4) is 0 Å². The van der Waals surface area contributed by atoms with Gasteiger partial charge in [0.1, 0.15) is 11.9 Å².